The molecule has 0 aliphatic carbocycles. The summed E-state index contributed by atoms with van der Waals surface area (Å²) >= 11 is 0. The van der Waals surface area contributed by atoms with Crippen molar-refractivity contribution < 1.29 is 13.7 Å². The molecule has 1 atom stereocenters. The number of primary amides is 1. The van der Waals surface area contributed by atoms with E-state index >= 15 is 0 Å². The van der Waals surface area contributed by atoms with Gasteiger partial charge in [0, 0.05) is 26.2 Å². The van der Waals surface area contributed by atoms with Crippen molar-refractivity contribution in [1.82, 2.24) is 5.32 Å². The molecule has 0 aromatic heterocycles. The van der Waals surface area contributed by atoms with E-state index in [1.165, 1.54) is 0 Å². The first-order chi connectivity index (χ1) is 13.2. The molecule has 27 heavy (non-hydrogen) atoms. The maximum Gasteiger partial charge on any atom is 0.249 e. The molecule has 2 aliphatic heterocycles. The SMILES string of the molecule is NC(=O)c1ccccc1S(=O)N1CCOc2c(N3CCNCC3)cccc21. The number of nitrogens with one attached hydrogen (secondary N) is 1. The fraction of sp³-hybridized carbons (Fsp3) is 0.316. The lowest BCUT2D eigenvalue weighted by Crippen LogP contribution is -2.44. The van der Waals surface area contributed by atoms with Crippen molar-refractivity contribution in [3.63, 3.8) is 0 Å². The quantitative estimate of drug-likeness (QED) is 0.822. The van der Waals surface area contributed by atoms with Crippen molar-refractivity contribution in [3.8, 4) is 5.75 Å². The van der Waals surface area contributed by atoms with Crippen LogP contribution in [0.1, 0.15) is 10.4 Å². The zero-order chi connectivity index (χ0) is 18.8. The van der Waals surface area contributed by atoms with Crippen molar-refractivity contribution in [3.05, 3.63) is 48.0 Å². The van der Waals surface area contributed by atoms with Gasteiger partial charge in [0.1, 0.15) is 6.61 Å². The summed E-state index contributed by atoms with van der Waals surface area (Å²) in [4.78, 5) is 14.4. The van der Waals surface area contributed by atoms with Gasteiger partial charge in [0.15, 0.2) is 16.7 Å². The molecule has 2 heterocycles. The van der Waals surface area contributed by atoms with Crippen LogP contribution < -0.4 is 25.0 Å². The van der Waals surface area contributed by atoms with Crippen molar-refractivity contribution in [2.45, 2.75) is 4.90 Å². The molecule has 1 fully saturated rings. The molecule has 1 saturated heterocycles. The summed E-state index contributed by atoms with van der Waals surface area (Å²) in [5, 5.41) is 3.34. The van der Waals surface area contributed by atoms with E-state index in [1.807, 2.05) is 18.2 Å². The molecule has 0 spiro atoms. The maximum atomic E-state index is 13.3. The van der Waals surface area contributed by atoms with Gasteiger partial charge in [-0.1, -0.05) is 18.2 Å². The zero-order valence-corrected chi connectivity index (χ0v) is 15.7. The second-order valence-corrected chi connectivity index (χ2v) is 7.80. The van der Waals surface area contributed by atoms with Crippen molar-refractivity contribution in [2.75, 3.05) is 48.5 Å². The molecule has 2 aromatic carbocycles. The number of ether oxygens (including phenoxy) is 1. The Balaban J connectivity index is 1.72. The number of hydrogen-bond donors (Lipinski definition) is 2. The molecule has 4 rings (SSSR count). The van der Waals surface area contributed by atoms with Gasteiger partial charge in [-0.3, -0.25) is 9.10 Å². The fourth-order valence-electron chi connectivity index (χ4n) is 3.48. The van der Waals surface area contributed by atoms with E-state index in [2.05, 4.69) is 10.2 Å². The molecule has 0 bridgehead atoms. The van der Waals surface area contributed by atoms with Crippen LogP contribution in [0.15, 0.2) is 47.4 Å². The van der Waals surface area contributed by atoms with Crippen molar-refractivity contribution >= 4 is 28.3 Å². The average molecular weight is 386 g/mol. The van der Waals surface area contributed by atoms with Crippen molar-refractivity contribution in [2.24, 2.45) is 5.73 Å². The Morgan fingerprint density at radius 3 is 2.56 bits per heavy atom. The van der Waals surface area contributed by atoms with Gasteiger partial charge in [-0.15, -0.1) is 0 Å². The molecule has 142 valence electrons. The van der Waals surface area contributed by atoms with Crippen molar-refractivity contribution in [1.29, 1.82) is 0 Å². The minimum atomic E-state index is -1.55. The topological polar surface area (TPSA) is 87.9 Å². The molecule has 7 nitrogen and oxygen atoms in total. The monoisotopic (exact) mass is 386 g/mol. The zero-order valence-electron chi connectivity index (χ0n) is 14.9. The molecule has 1 unspecified atom stereocenters. The second kappa shape index (κ2) is 7.58. The number of nitrogens with zero attached hydrogens (tertiary/aromatic N) is 2. The summed E-state index contributed by atoms with van der Waals surface area (Å²) in [6.45, 7) is 4.54. The molecule has 2 aliphatic rings. The van der Waals surface area contributed by atoms with Gasteiger partial charge in [0.25, 0.3) is 0 Å². The van der Waals surface area contributed by atoms with E-state index in [4.69, 9.17) is 10.5 Å². The third kappa shape index (κ3) is 3.38. The summed E-state index contributed by atoms with van der Waals surface area (Å²) in [5.41, 5.74) is 7.53. The second-order valence-electron chi connectivity index (χ2n) is 6.42. The molecule has 0 radical (unpaired) electrons. The van der Waals surface area contributed by atoms with Crippen LogP contribution in [-0.2, 0) is 11.0 Å². The summed E-state index contributed by atoms with van der Waals surface area (Å²) in [6, 6.07) is 12.7. The van der Waals surface area contributed by atoms with Gasteiger partial charge in [0.05, 0.1) is 28.4 Å². The molecule has 0 saturated carbocycles. The minimum absolute atomic E-state index is 0.280. The Labute approximate surface area is 160 Å². The van der Waals surface area contributed by atoms with Gasteiger partial charge in [-0.25, -0.2) is 4.21 Å². The van der Waals surface area contributed by atoms with Crippen LogP contribution in [0.2, 0.25) is 0 Å². The molecule has 3 N–H and O–H groups in total. The normalized spacial score (nSPS) is 17.8. The smallest absolute Gasteiger partial charge is 0.249 e. The number of amides is 1. The lowest BCUT2D eigenvalue weighted by atomic mass is 10.2. The number of fused-ring (bicyclic) bond motifs is 1. The van der Waals surface area contributed by atoms with Crippen LogP contribution in [0.25, 0.3) is 0 Å². The minimum Gasteiger partial charge on any atom is -0.487 e. The van der Waals surface area contributed by atoms with Gasteiger partial charge in [-0.05, 0) is 24.3 Å². The maximum absolute atomic E-state index is 13.3. The summed E-state index contributed by atoms with van der Waals surface area (Å²) in [7, 11) is -1.55. The summed E-state index contributed by atoms with van der Waals surface area (Å²) < 4.78 is 21.1. The average Bonchev–Trinajstić information content (AvgIpc) is 2.73. The number of piperazine rings is 1. The van der Waals surface area contributed by atoms with E-state index in [-0.39, 0.29) is 5.56 Å². The number of carbonyl (C=O) groups is 1. The first-order valence-electron chi connectivity index (χ1n) is 8.96. The molecular formula is C19H22N4O3S. The first kappa shape index (κ1) is 17.8. The number of para-hydroxylation sites is 1. The van der Waals surface area contributed by atoms with Gasteiger partial charge < -0.3 is 20.7 Å². The molecule has 1 amide bonds. The van der Waals surface area contributed by atoms with E-state index in [9.17, 15) is 9.00 Å². The highest BCUT2D eigenvalue weighted by atomic mass is 32.2. The van der Waals surface area contributed by atoms with E-state index in [1.54, 1.807) is 28.6 Å². The van der Waals surface area contributed by atoms with Gasteiger partial charge in [0.2, 0.25) is 5.91 Å². The number of hydrogen-bond acceptors (Lipinski definition) is 5. The number of nitrogens with two attached hydrogens (primary N) is 1. The number of rotatable bonds is 4. The van der Waals surface area contributed by atoms with Gasteiger partial charge in [-0.2, -0.15) is 0 Å². The largest absolute Gasteiger partial charge is 0.487 e. The highest BCUT2D eigenvalue weighted by Crippen LogP contribution is 2.41. The van der Waals surface area contributed by atoms with Crippen LogP contribution in [-0.4, -0.2) is 49.4 Å². The Hall–Kier alpha value is -2.58. The fourth-order valence-corrected chi connectivity index (χ4v) is 4.83. The van der Waals surface area contributed by atoms with Crippen LogP contribution in [0.4, 0.5) is 11.4 Å². The third-order valence-electron chi connectivity index (χ3n) is 4.78. The molecule has 2 aromatic rings. The molecule has 8 heteroatoms. The highest BCUT2D eigenvalue weighted by molar-refractivity contribution is 7.86. The Bertz CT molecular complexity index is 883. The number of carbonyl (C=O) groups excluding carboxylic acids is 1. The Kier molecular flexibility index (Phi) is 5.00. The van der Waals surface area contributed by atoms with Crippen LogP contribution in [0, 0.1) is 0 Å². The van der Waals surface area contributed by atoms with Gasteiger partial charge >= 0.3 is 0 Å². The lowest BCUT2D eigenvalue weighted by molar-refractivity contribution is 0.0997. The first-order valence-corrected chi connectivity index (χ1v) is 10.1. The standard InChI is InChI=1S/C19H22N4O3S/c20-19(24)14-4-1-2-7-17(14)27(25)23-12-13-26-18-15(5-3-6-16(18)23)22-10-8-21-9-11-22/h1-7,21H,8-13H2,(H2,20,24). The van der Waals surface area contributed by atoms with E-state index < -0.39 is 16.9 Å². The number of benzene rings is 2. The van der Waals surface area contributed by atoms with Crippen LogP contribution in [0.3, 0.4) is 0 Å². The number of anilines is 2. The van der Waals surface area contributed by atoms with Crippen LogP contribution >= 0.6 is 0 Å². The van der Waals surface area contributed by atoms with Crippen LogP contribution in [0.5, 0.6) is 5.75 Å². The van der Waals surface area contributed by atoms with E-state index in [0.29, 0.717) is 18.0 Å². The summed E-state index contributed by atoms with van der Waals surface area (Å²) in [5.74, 6) is 0.164. The summed E-state index contributed by atoms with van der Waals surface area (Å²) in [6.07, 6.45) is 0. The predicted molar refractivity (Wildman–Crippen MR) is 106 cm³/mol. The highest BCUT2D eigenvalue weighted by Gasteiger charge is 2.29. The van der Waals surface area contributed by atoms with E-state index in [0.717, 1.165) is 43.3 Å². The third-order valence-corrected chi connectivity index (χ3v) is 6.29. The molecular weight excluding hydrogens is 364 g/mol. The Morgan fingerprint density at radius 1 is 1.04 bits per heavy atom. The lowest BCUT2D eigenvalue weighted by Gasteiger charge is -2.35. The predicted octanol–water partition coefficient (Wildman–Crippen LogP) is 1.12. The Morgan fingerprint density at radius 2 is 1.78 bits per heavy atom.